The number of amides is 2. The van der Waals surface area contributed by atoms with Gasteiger partial charge in [-0.2, -0.15) is 5.10 Å². The van der Waals surface area contributed by atoms with E-state index in [0.717, 1.165) is 14.9 Å². The van der Waals surface area contributed by atoms with Crippen LogP contribution in [0.25, 0.3) is 0 Å². The molecule has 0 bridgehead atoms. The molecule has 1 aliphatic rings. The molecule has 0 fully saturated rings. The summed E-state index contributed by atoms with van der Waals surface area (Å²) in [6, 6.07) is 9.43. The van der Waals surface area contributed by atoms with Crippen LogP contribution in [0.2, 0.25) is 0 Å². The third-order valence-corrected chi connectivity index (χ3v) is 6.13. The Kier molecular flexibility index (Phi) is 9.97. The van der Waals surface area contributed by atoms with E-state index in [-0.39, 0.29) is 12.2 Å². The Morgan fingerprint density at radius 3 is 2.62 bits per heavy atom. The zero-order valence-corrected chi connectivity index (χ0v) is 23.0. The van der Waals surface area contributed by atoms with Gasteiger partial charge in [-0.3, -0.25) is 5.43 Å². The summed E-state index contributed by atoms with van der Waals surface area (Å²) in [7, 11) is 2.89. The number of urea groups is 1. The predicted molar refractivity (Wildman–Crippen MR) is 145 cm³/mol. The average Bonchev–Trinajstić information content (AvgIpc) is 2.87. The van der Waals surface area contributed by atoms with E-state index in [0.29, 0.717) is 29.4 Å². The molecular formula is C25H29IN4O7. The van der Waals surface area contributed by atoms with E-state index in [4.69, 9.17) is 18.9 Å². The largest absolute Gasteiger partial charge is 0.496 e. The Balaban J connectivity index is 1.69. The Morgan fingerprint density at radius 1 is 1.19 bits per heavy atom. The standard InChI is InChI=1S/C25H29IN4O7/c1-5-36-20-11-16(23-22(24(32)35-4)14(2)28-25(33)29-23)7-9-19(20)37-13-21(31)30-27-12-15-6-8-18(34-3)17(26)10-15/h6-12,21,23,30-31H,5,13H2,1-4H3,(H2,28,29,33)/b27-12-/t21-,23+/m0/s1. The number of carbonyl (C=O) groups excluding carboxylic acids is 2. The number of benzene rings is 2. The Morgan fingerprint density at radius 2 is 1.95 bits per heavy atom. The molecular weight excluding hydrogens is 595 g/mol. The Bertz CT molecular complexity index is 1200. The maximum Gasteiger partial charge on any atom is 0.337 e. The van der Waals surface area contributed by atoms with E-state index in [1.165, 1.54) is 7.11 Å². The van der Waals surface area contributed by atoms with Crippen LogP contribution in [0.15, 0.2) is 52.8 Å². The first-order valence-corrected chi connectivity index (χ1v) is 12.4. The van der Waals surface area contributed by atoms with Gasteiger partial charge in [0.25, 0.3) is 0 Å². The molecule has 4 N–H and O–H groups in total. The minimum atomic E-state index is -1.09. The second-order valence-corrected chi connectivity index (χ2v) is 8.97. The smallest absolute Gasteiger partial charge is 0.337 e. The number of carbonyl (C=O) groups is 2. The number of hydrazone groups is 1. The molecule has 0 saturated carbocycles. The summed E-state index contributed by atoms with van der Waals surface area (Å²) in [6.45, 7) is 3.68. The number of nitrogens with zero attached hydrogens (tertiary/aromatic N) is 1. The van der Waals surface area contributed by atoms with Crippen molar-refractivity contribution in [2.45, 2.75) is 26.1 Å². The van der Waals surface area contributed by atoms with Gasteiger partial charge in [-0.15, -0.1) is 0 Å². The van der Waals surface area contributed by atoms with Crippen LogP contribution in [0.1, 0.15) is 31.0 Å². The van der Waals surface area contributed by atoms with Gasteiger partial charge in [0, 0.05) is 5.70 Å². The highest BCUT2D eigenvalue weighted by Crippen LogP contribution is 2.35. The summed E-state index contributed by atoms with van der Waals surface area (Å²) < 4.78 is 22.5. The highest BCUT2D eigenvalue weighted by Gasteiger charge is 2.32. The van der Waals surface area contributed by atoms with Crippen molar-refractivity contribution in [2.24, 2.45) is 5.10 Å². The highest BCUT2D eigenvalue weighted by atomic mass is 127. The average molecular weight is 624 g/mol. The van der Waals surface area contributed by atoms with Gasteiger partial charge >= 0.3 is 12.0 Å². The highest BCUT2D eigenvalue weighted by molar-refractivity contribution is 14.1. The van der Waals surface area contributed by atoms with Gasteiger partial charge in [0.2, 0.25) is 0 Å². The number of methoxy groups -OCH3 is 2. The molecule has 1 heterocycles. The second kappa shape index (κ2) is 13.1. The van der Waals surface area contributed by atoms with E-state index < -0.39 is 24.3 Å². The van der Waals surface area contributed by atoms with Crippen LogP contribution in [0.5, 0.6) is 17.2 Å². The fraction of sp³-hybridized carbons (Fsp3) is 0.320. The first-order valence-electron chi connectivity index (χ1n) is 11.3. The number of esters is 1. The predicted octanol–water partition coefficient (Wildman–Crippen LogP) is 2.82. The number of halogens is 1. The Hall–Kier alpha value is -3.52. The lowest BCUT2D eigenvalue weighted by atomic mass is 9.95. The van der Waals surface area contributed by atoms with Crippen molar-refractivity contribution in [3.8, 4) is 17.2 Å². The van der Waals surface area contributed by atoms with E-state index in [1.807, 2.05) is 25.1 Å². The lowest BCUT2D eigenvalue weighted by Crippen LogP contribution is -2.45. The van der Waals surface area contributed by atoms with Crippen LogP contribution < -0.4 is 30.3 Å². The number of hydrogen-bond acceptors (Lipinski definition) is 9. The summed E-state index contributed by atoms with van der Waals surface area (Å²) in [5.41, 5.74) is 4.73. The molecule has 2 aromatic carbocycles. The first kappa shape index (κ1) is 28.1. The molecule has 1 aliphatic heterocycles. The number of rotatable bonds is 11. The fourth-order valence-electron chi connectivity index (χ4n) is 3.58. The summed E-state index contributed by atoms with van der Waals surface area (Å²) in [4.78, 5) is 24.4. The summed E-state index contributed by atoms with van der Waals surface area (Å²) in [6.07, 6.45) is 0.482. The van der Waals surface area contributed by atoms with Gasteiger partial charge in [0.05, 0.1) is 42.2 Å². The SMILES string of the molecule is CCOc1cc([C@H]2NC(=O)NC(C)=C2C(=O)OC)ccc1OC[C@H](O)N/N=C\c1ccc(OC)c(I)c1. The molecule has 2 aromatic rings. The molecule has 0 spiro atoms. The van der Waals surface area contributed by atoms with Crippen LogP contribution in [0, 0.1) is 3.57 Å². The van der Waals surface area contributed by atoms with Crippen molar-refractivity contribution < 1.29 is 33.6 Å². The lowest BCUT2D eigenvalue weighted by Gasteiger charge is -2.28. The monoisotopic (exact) mass is 624 g/mol. The third-order valence-electron chi connectivity index (χ3n) is 5.29. The van der Waals surface area contributed by atoms with Gasteiger partial charge < -0.3 is 34.7 Å². The molecule has 12 heteroatoms. The molecule has 198 valence electrons. The minimum Gasteiger partial charge on any atom is -0.496 e. The summed E-state index contributed by atoms with van der Waals surface area (Å²) in [5.74, 6) is 0.969. The molecule has 0 unspecified atom stereocenters. The molecule has 11 nitrogen and oxygen atoms in total. The van der Waals surface area contributed by atoms with E-state index >= 15 is 0 Å². The molecule has 0 aliphatic carbocycles. The van der Waals surface area contributed by atoms with Crippen molar-refractivity contribution in [3.63, 3.8) is 0 Å². The normalized spacial score (nSPS) is 16.1. The lowest BCUT2D eigenvalue weighted by molar-refractivity contribution is -0.136. The zero-order chi connectivity index (χ0) is 26.9. The van der Waals surface area contributed by atoms with Crippen LogP contribution in [-0.2, 0) is 9.53 Å². The second-order valence-electron chi connectivity index (χ2n) is 7.81. The molecule has 2 atom stereocenters. The molecule has 0 aromatic heterocycles. The van der Waals surface area contributed by atoms with Crippen LogP contribution >= 0.6 is 22.6 Å². The number of hydrogen-bond donors (Lipinski definition) is 4. The van der Waals surface area contributed by atoms with Gasteiger partial charge in [0.1, 0.15) is 12.4 Å². The fourth-order valence-corrected chi connectivity index (χ4v) is 4.34. The van der Waals surface area contributed by atoms with Crippen LogP contribution in [0.3, 0.4) is 0 Å². The Labute approximate surface area is 228 Å². The van der Waals surface area contributed by atoms with Crippen LogP contribution in [0.4, 0.5) is 4.79 Å². The van der Waals surface area contributed by atoms with Crippen LogP contribution in [-0.4, -0.2) is 57.0 Å². The number of allylic oxidation sites excluding steroid dienone is 1. The molecule has 0 saturated heterocycles. The van der Waals surface area contributed by atoms with E-state index in [9.17, 15) is 14.7 Å². The summed E-state index contributed by atoms with van der Waals surface area (Å²) >= 11 is 2.17. The minimum absolute atomic E-state index is 0.118. The topological polar surface area (TPSA) is 140 Å². The van der Waals surface area contributed by atoms with Crippen molar-refractivity contribution >= 4 is 40.8 Å². The van der Waals surface area contributed by atoms with Crippen molar-refractivity contribution in [1.82, 2.24) is 16.1 Å². The zero-order valence-electron chi connectivity index (χ0n) is 20.8. The van der Waals surface area contributed by atoms with Gasteiger partial charge in [-0.1, -0.05) is 6.07 Å². The third kappa shape index (κ3) is 7.26. The maximum atomic E-state index is 12.4. The quantitative estimate of drug-likeness (QED) is 0.0985. The molecule has 0 radical (unpaired) electrons. The number of ether oxygens (including phenoxy) is 4. The van der Waals surface area contributed by atoms with Gasteiger partial charge in [-0.05, 0) is 77.9 Å². The van der Waals surface area contributed by atoms with Gasteiger partial charge in [-0.25, -0.2) is 9.59 Å². The van der Waals surface area contributed by atoms with Crippen molar-refractivity contribution in [1.29, 1.82) is 0 Å². The first-order chi connectivity index (χ1) is 17.8. The molecule has 3 rings (SSSR count). The van der Waals surface area contributed by atoms with Crippen molar-refractivity contribution in [2.75, 3.05) is 27.4 Å². The number of aliphatic hydroxyl groups excluding tert-OH is 1. The molecule has 2 amide bonds. The molecule has 37 heavy (non-hydrogen) atoms. The number of aliphatic hydroxyl groups is 1. The van der Waals surface area contributed by atoms with Gasteiger partial charge in [0.15, 0.2) is 17.7 Å². The van der Waals surface area contributed by atoms with E-state index in [1.54, 1.807) is 38.4 Å². The van der Waals surface area contributed by atoms with Crippen molar-refractivity contribution in [3.05, 3.63) is 62.4 Å². The summed E-state index contributed by atoms with van der Waals surface area (Å²) in [5, 5.41) is 19.6. The van der Waals surface area contributed by atoms with E-state index in [2.05, 4.69) is 43.8 Å². The maximum absolute atomic E-state index is 12.4. The number of nitrogens with one attached hydrogen (secondary N) is 3.